The smallest absolute Gasteiger partial charge is 0.335 e. The van der Waals surface area contributed by atoms with Crippen molar-refractivity contribution in [1.82, 2.24) is 5.32 Å². The largest absolute Gasteiger partial charge is 0.478 e. The lowest BCUT2D eigenvalue weighted by Crippen LogP contribution is -2.52. The number of piperidine rings is 1. The Morgan fingerprint density at radius 3 is 2.65 bits per heavy atom. The van der Waals surface area contributed by atoms with E-state index in [0.717, 1.165) is 0 Å². The van der Waals surface area contributed by atoms with Gasteiger partial charge in [-0.15, -0.1) is 0 Å². The first-order chi connectivity index (χ1) is 9.52. The molecule has 20 heavy (non-hydrogen) atoms. The molecular weight excluding hydrogens is 260 g/mol. The molecule has 6 heteroatoms. The van der Waals surface area contributed by atoms with Gasteiger partial charge in [0.25, 0.3) is 5.91 Å². The summed E-state index contributed by atoms with van der Waals surface area (Å²) in [6, 6.07) is 6.15. The molecular formula is C14H16N2O4. The quantitative estimate of drug-likeness (QED) is 0.711. The second-order valence-electron chi connectivity index (χ2n) is 5.34. The van der Waals surface area contributed by atoms with Crippen LogP contribution in [0.4, 0.5) is 5.69 Å². The average molecular weight is 276 g/mol. The highest BCUT2D eigenvalue weighted by Crippen LogP contribution is 2.36. The Morgan fingerprint density at radius 2 is 2.05 bits per heavy atom. The van der Waals surface area contributed by atoms with Crippen LogP contribution in [-0.4, -0.2) is 47.3 Å². The number of amides is 1. The van der Waals surface area contributed by atoms with E-state index in [2.05, 4.69) is 5.32 Å². The number of fused-ring (bicyclic) bond motifs is 1. The fourth-order valence-electron chi connectivity index (χ4n) is 2.97. The summed E-state index contributed by atoms with van der Waals surface area (Å²) in [5, 5.41) is 22.6. The van der Waals surface area contributed by atoms with Crippen molar-refractivity contribution in [3.05, 3.63) is 29.8 Å². The number of aromatic carboxylic acids is 1. The number of anilines is 1. The van der Waals surface area contributed by atoms with Crippen LogP contribution in [0.5, 0.6) is 0 Å². The number of hydrogen-bond donors (Lipinski definition) is 3. The molecule has 2 aliphatic rings. The van der Waals surface area contributed by atoms with E-state index in [4.69, 9.17) is 5.11 Å². The average Bonchev–Trinajstić information content (AvgIpc) is 2.72. The predicted molar refractivity (Wildman–Crippen MR) is 71.7 cm³/mol. The van der Waals surface area contributed by atoms with Crippen molar-refractivity contribution in [2.75, 3.05) is 24.5 Å². The van der Waals surface area contributed by atoms with Gasteiger partial charge in [-0.2, -0.15) is 0 Å². The minimum Gasteiger partial charge on any atom is -0.478 e. The zero-order valence-electron chi connectivity index (χ0n) is 10.9. The van der Waals surface area contributed by atoms with Gasteiger partial charge in [0.2, 0.25) is 0 Å². The Balaban J connectivity index is 1.88. The van der Waals surface area contributed by atoms with Gasteiger partial charge in [-0.3, -0.25) is 4.79 Å². The molecule has 106 valence electrons. The first kappa shape index (κ1) is 13.1. The van der Waals surface area contributed by atoms with Gasteiger partial charge in [0.05, 0.1) is 5.56 Å². The Morgan fingerprint density at radius 1 is 1.35 bits per heavy atom. The monoisotopic (exact) mass is 276 g/mol. The van der Waals surface area contributed by atoms with Crippen molar-refractivity contribution in [3.63, 3.8) is 0 Å². The second kappa shape index (κ2) is 4.57. The minimum atomic E-state index is -1.28. The molecule has 2 saturated heterocycles. The van der Waals surface area contributed by atoms with Gasteiger partial charge in [0, 0.05) is 24.7 Å². The molecule has 1 aromatic rings. The molecule has 1 aromatic carbocycles. The molecule has 2 atom stereocenters. The summed E-state index contributed by atoms with van der Waals surface area (Å²) in [5.74, 6) is -1.41. The minimum absolute atomic E-state index is 0.122. The van der Waals surface area contributed by atoms with E-state index in [1.165, 1.54) is 12.1 Å². The number of nitrogens with zero attached hydrogens (tertiary/aromatic N) is 1. The van der Waals surface area contributed by atoms with Crippen LogP contribution in [0.3, 0.4) is 0 Å². The number of nitrogens with one attached hydrogen (secondary N) is 1. The number of carboxylic acid groups (broad SMARTS) is 1. The molecule has 2 aliphatic heterocycles. The van der Waals surface area contributed by atoms with Crippen molar-refractivity contribution in [2.24, 2.45) is 5.92 Å². The van der Waals surface area contributed by atoms with E-state index in [1.54, 1.807) is 17.0 Å². The number of hydrogen-bond acceptors (Lipinski definition) is 4. The molecule has 0 unspecified atom stereocenters. The molecule has 0 saturated carbocycles. The molecule has 0 radical (unpaired) electrons. The number of carboxylic acids is 1. The SMILES string of the molecule is O=C(O)c1ccc(N2C[C@@H]3CNCC[C@]3(O)C2=O)cc1. The molecule has 2 fully saturated rings. The fraction of sp³-hybridized carbons (Fsp3) is 0.429. The maximum absolute atomic E-state index is 12.4. The fourth-order valence-corrected chi connectivity index (χ4v) is 2.97. The van der Waals surface area contributed by atoms with Gasteiger partial charge in [0.1, 0.15) is 0 Å². The molecule has 1 amide bonds. The summed E-state index contributed by atoms with van der Waals surface area (Å²) in [6.45, 7) is 1.70. The van der Waals surface area contributed by atoms with Crippen molar-refractivity contribution >= 4 is 17.6 Å². The summed E-state index contributed by atoms with van der Waals surface area (Å²) in [6.07, 6.45) is 0.417. The Kier molecular flexibility index (Phi) is 2.99. The molecule has 2 heterocycles. The molecule has 3 N–H and O–H groups in total. The van der Waals surface area contributed by atoms with E-state index < -0.39 is 11.6 Å². The molecule has 0 bridgehead atoms. The van der Waals surface area contributed by atoms with Gasteiger partial charge < -0.3 is 20.4 Å². The Labute approximate surface area is 116 Å². The van der Waals surface area contributed by atoms with E-state index in [1.807, 2.05) is 0 Å². The molecule has 0 aliphatic carbocycles. The van der Waals surface area contributed by atoms with Crippen molar-refractivity contribution in [3.8, 4) is 0 Å². The number of rotatable bonds is 2. The Hall–Kier alpha value is -1.92. The third kappa shape index (κ3) is 1.88. The van der Waals surface area contributed by atoms with Gasteiger partial charge in [0.15, 0.2) is 5.60 Å². The van der Waals surface area contributed by atoms with Crippen LogP contribution in [0.2, 0.25) is 0 Å². The van der Waals surface area contributed by atoms with Gasteiger partial charge >= 0.3 is 5.97 Å². The van der Waals surface area contributed by atoms with Crippen LogP contribution in [-0.2, 0) is 4.79 Å². The van der Waals surface area contributed by atoms with Crippen LogP contribution in [0, 0.1) is 5.92 Å². The lowest BCUT2D eigenvalue weighted by atomic mass is 9.84. The zero-order valence-corrected chi connectivity index (χ0v) is 10.9. The summed E-state index contributed by atoms with van der Waals surface area (Å²) in [5.41, 5.74) is -0.475. The number of carbonyl (C=O) groups is 2. The highest BCUT2D eigenvalue weighted by molar-refractivity contribution is 6.02. The number of carbonyl (C=O) groups excluding carboxylic acids is 1. The second-order valence-corrected chi connectivity index (χ2v) is 5.34. The highest BCUT2D eigenvalue weighted by atomic mass is 16.4. The summed E-state index contributed by atoms with van der Waals surface area (Å²) < 4.78 is 0. The van der Waals surface area contributed by atoms with E-state index in [9.17, 15) is 14.7 Å². The normalized spacial score (nSPS) is 29.4. The summed E-state index contributed by atoms with van der Waals surface area (Å²) in [7, 11) is 0. The molecule has 0 aromatic heterocycles. The maximum atomic E-state index is 12.4. The van der Waals surface area contributed by atoms with Crippen LogP contribution in [0.1, 0.15) is 16.8 Å². The van der Waals surface area contributed by atoms with E-state index >= 15 is 0 Å². The van der Waals surface area contributed by atoms with Crippen molar-refractivity contribution in [2.45, 2.75) is 12.0 Å². The third-order valence-electron chi connectivity index (χ3n) is 4.19. The highest BCUT2D eigenvalue weighted by Gasteiger charge is 2.54. The van der Waals surface area contributed by atoms with Crippen LogP contribution in [0.15, 0.2) is 24.3 Å². The standard InChI is InChI=1S/C14H16N2O4/c17-12(18)9-1-3-11(4-2-9)16-8-10-7-15-6-5-14(10,20)13(16)19/h1-4,10,15,20H,5-8H2,(H,17,18)/t10-,14+/m0/s1. The first-order valence-corrected chi connectivity index (χ1v) is 6.61. The van der Waals surface area contributed by atoms with Crippen LogP contribution in [0.25, 0.3) is 0 Å². The van der Waals surface area contributed by atoms with Gasteiger partial charge in [-0.05, 0) is 37.2 Å². The van der Waals surface area contributed by atoms with Gasteiger partial charge in [-0.25, -0.2) is 4.79 Å². The Bertz CT molecular complexity index is 557. The molecule has 3 rings (SSSR count). The third-order valence-corrected chi connectivity index (χ3v) is 4.19. The number of benzene rings is 1. The van der Waals surface area contributed by atoms with Crippen LogP contribution < -0.4 is 10.2 Å². The molecule has 6 nitrogen and oxygen atoms in total. The van der Waals surface area contributed by atoms with Gasteiger partial charge in [-0.1, -0.05) is 0 Å². The first-order valence-electron chi connectivity index (χ1n) is 6.61. The van der Waals surface area contributed by atoms with Crippen molar-refractivity contribution < 1.29 is 19.8 Å². The van der Waals surface area contributed by atoms with E-state index in [-0.39, 0.29) is 17.4 Å². The predicted octanol–water partition coefficient (Wildman–Crippen LogP) is 0.0720. The topological polar surface area (TPSA) is 89.9 Å². The van der Waals surface area contributed by atoms with Crippen LogP contribution >= 0.6 is 0 Å². The summed E-state index contributed by atoms with van der Waals surface area (Å²) in [4.78, 5) is 24.8. The van der Waals surface area contributed by atoms with Crippen molar-refractivity contribution in [1.29, 1.82) is 0 Å². The lowest BCUT2D eigenvalue weighted by Gasteiger charge is -2.31. The lowest BCUT2D eigenvalue weighted by molar-refractivity contribution is -0.138. The maximum Gasteiger partial charge on any atom is 0.335 e. The summed E-state index contributed by atoms with van der Waals surface area (Å²) >= 11 is 0. The number of aliphatic hydroxyl groups is 1. The zero-order chi connectivity index (χ0) is 14.3. The van der Waals surface area contributed by atoms with E-state index in [0.29, 0.717) is 31.7 Å². The molecule has 0 spiro atoms.